The molecular weight excluding hydrogens is 254 g/mol. The fraction of sp³-hybridized carbons (Fsp3) is 0.188. The maximum atomic E-state index is 9.78. The minimum atomic E-state index is -0.688. The molecule has 0 aliphatic rings. The number of methoxy groups -OCH3 is 1. The first kappa shape index (κ1) is 13.9. The van der Waals surface area contributed by atoms with E-state index < -0.39 is 6.10 Å². The molecule has 0 heterocycles. The minimum Gasteiger partial charge on any atom is -0.493 e. The fourth-order valence-electron chi connectivity index (χ4n) is 1.86. The van der Waals surface area contributed by atoms with Crippen LogP contribution in [0.25, 0.3) is 0 Å². The lowest BCUT2D eigenvalue weighted by Crippen LogP contribution is -1.98. The van der Waals surface area contributed by atoms with Gasteiger partial charge in [0.1, 0.15) is 5.75 Å². The van der Waals surface area contributed by atoms with Gasteiger partial charge in [-0.15, -0.1) is 0 Å². The monoisotopic (exact) mass is 269 g/mol. The van der Waals surface area contributed by atoms with Gasteiger partial charge in [0.15, 0.2) is 11.5 Å². The Kier molecular flexibility index (Phi) is 4.24. The Morgan fingerprint density at radius 3 is 2.40 bits per heavy atom. The number of rotatable bonds is 4. The van der Waals surface area contributed by atoms with Crippen LogP contribution >= 0.6 is 0 Å². The molecule has 0 amide bonds. The maximum absolute atomic E-state index is 9.78. The second-order valence-electron chi connectivity index (χ2n) is 4.29. The molecule has 2 aromatic carbocycles. The van der Waals surface area contributed by atoms with Gasteiger partial charge in [-0.1, -0.05) is 18.2 Å². The first-order valence-corrected chi connectivity index (χ1v) is 6.18. The highest BCUT2D eigenvalue weighted by Crippen LogP contribution is 2.35. The quantitative estimate of drug-likeness (QED) is 0.923. The van der Waals surface area contributed by atoms with Crippen LogP contribution < -0.4 is 9.47 Å². The van der Waals surface area contributed by atoms with Crippen LogP contribution in [0.4, 0.5) is 0 Å². The summed E-state index contributed by atoms with van der Waals surface area (Å²) in [5.41, 5.74) is 1.09. The molecule has 1 unspecified atom stereocenters. The topological polar surface area (TPSA) is 62.5 Å². The van der Waals surface area contributed by atoms with E-state index >= 15 is 0 Å². The van der Waals surface area contributed by atoms with Gasteiger partial charge in [0, 0.05) is 5.56 Å². The van der Waals surface area contributed by atoms with Crippen LogP contribution in [-0.2, 0) is 0 Å². The van der Waals surface area contributed by atoms with Crippen molar-refractivity contribution in [2.75, 3.05) is 7.11 Å². The number of benzene rings is 2. The summed E-state index contributed by atoms with van der Waals surface area (Å²) in [6, 6.07) is 14.2. The molecule has 1 N–H and O–H groups in total. The number of nitriles is 1. The van der Waals surface area contributed by atoms with E-state index in [4.69, 9.17) is 14.7 Å². The zero-order valence-electron chi connectivity index (χ0n) is 11.3. The molecule has 0 spiro atoms. The number of ether oxygens (including phenoxy) is 2. The average molecular weight is 269 g/mol. The lowest BCUT2D eigenvalue weighted by molar-refractivity contribution is 0.195. The Hall–Kier alpha value is -2.51. The molecule has 0 aliphatic carbocycles. The number of nitrogens with zero attached hydrogens (tertiary/aromatic N) is 1. The van der Waals surface area contributed by atoms with Gasteiger partial charge < -0.3 is 14.6 Å². The highest BCUT2D eigenvalue weighted by molar-refractivity contribution is 5.48. The first-order chi connectivity index (χ1) is 9.65. The summed E-state index contributed by atoms with van der Waals surface area (Å²) in [5, 5.41) is 18.7. The molecule has 0 aromatic heterocycles. The predicted octanol–water partition coefficient (Wildman–Crippen LogP) is 3.41. The summed E-state index contributed by atoms with van der Waals surface area (Å²) in [4.78, 5) is 0. The molecule has 2 rings (SSSR count). The highest BCUT2D eigenvalue weighted by atomic mass is 16.5. The molecule has 1 atom stereocenters. The highest BCUT2D eigenvalue weighted by Gasteiger charge is 2.13. The number of aliphatic hydroxyl groups excluding tert-OH is 1. The van der Waals surface area contributed by atoms with Crippen molar-refractivity contribution in [3.8, 4) is 23.3 Å². The number of para-hydroxylation sites is 2. The van der Waals surface area contributed by atoms with E-state index in [0.717, 1.165) is 0 Å². The fourth-order valence-corrected chi connectivity index (χ4v) is 1.86. The Bertz CT molecular complexity index is 644. The summed E-state index contributed by atoms with van der Waals surface area (Å²) in [7, 11) is 1.56. The van der Waals surface area contributed by atoms with Crippen molar-refractivity contribution in [1.29, 1.82) is 5.26 Å². The lowest BCUT2D eigenvalue weighted by atomic mass is 10.1. The molecular formula is C16H15NO3. The molecule has 0 saturated heterocycles. The summed E-state index contributed by atoms with van der Waals surface area (Å²) >= 11 is 0. The van der Waals surface area contributed by atoms with Crippen LogP contribution in [0.2, 0.25) is 0 Å². The van der Waals surface area contributed by atoms with Gasteiger partial charge in [-0.05, 0) is 31.2 Å². The van der Waals surface area contributed by atoms with E-state index in [2.05, 4.69) is 6.07 Å². The van der Waals surface area contributed by atoms with Crippen LogP contribution in [0.15, 0.2) is 42.5 Å². The predicted molar refractivity (Wildman–Crippen MR) is 74.9 cm³/mol. The first-order valence-electron chi connectivity index (χ1n) is 6.18. The summed E-state index contributed by atoms with van der Waals surface area (Å²) in [6.45, 7) is 1.65. The Labute approximate surface area is 117 Å². The molecule has 0 bridgehead atoms. The van der Waals surface area contributed by atoms with Crippen molar-refractivity contribution < 1.29 is 14.6 Å². The largest absolute Gasteiger partial charge is 0.493 e. The van der Waals surface area contributed by atoms with Crippen molar-refractivity contribution in [1.82, 2.24) is 0 Å². The van der Waals surface area contributed by atoms with Crippen molar-refractivity contribution in [3.05, 3.63) is 53.6 Å². The molecule has 102 valence electrons. The number of aliphatic hydroxyl groups is 1. The lowest BCUT2D eigenvalue weighted by Gasteiger charge is -2.15. The van der Waals surface area contributed by atoms with E-state index in [1.54, 1.807) is 44.4 Å². The molecule has 0 saturated carbocycles. The molecule has 0 fully saturated rings. The van der Waals surface area contributed by atoms with Crippen LogP contribution in [-0.4, -0.2) is 12.2 Å². The van der Waals surface area contributed by atoms with Gasteiger partial charge >= 0.3 is 0 Å². The van der Waals surface area contributed by atoms with Crippen molar-refractivity contribution >= 4 is 0 Å². The Balaban J connectivity index is 2.44. The maximum Gasteiger partial charge on any atom is 0.169 e. The van der Waals surface area contributed by atoms with Gasteiger partial charge in [-0.2, -0.15) is 5.26 Å². The van der Waals surface area contributed by atoms with Gasteiger partial charge in [-0.25, -0.2) is 0 Å². The third-order valence-electron chi connectivity index (χ3n) is 2.88. The number of hydrogen-bond donors (Lipinski definition) is 1. The van der Waals surface area contributed by atoms with Gasteiger partial charge in [-0.3, -0.25) is 0 Å². The van der Waals surface area contributed by atoms with E-state index in [0.29, 0.717) is 28.4 Å². The van der Waals surface area contributed by atoms with Crippen molar-refractivity contribution in [2.24, 2.45) is 0 Å². The standard InChI is InChI=1S/C16H15NO3/c1-11(18)13-8-7-12(10-17)9-16(13)20-15-6-4-3-5-14(15)19-2/h3-9,11,18H,1-2H3. The van der Waals surface area contributed by atoms with E-state index in [-0.39, 0.29) is 0 Å². The second-order valence-corrected chi connectivity index (χ2v) is 4.29. The third-order valence-corrected chi connectivity index (χ3v) is 2.88. The molecule has 2 aromatic rings. The van der Waals surface area contributed by atoms with Crippen LogP contribution in [0.3, 0.4) is 0 Å². The molecule has 4 nitrogen and oxygen atoms in total. The Morgan fingerprint density at radius 1 is 1.10 bits per heavy atom. The van der Waals surface area contributed by atoms with E-state index in [9.17, 15) is 5.11 Å². The van der Waals surface area contributed by atoms with Crippen molar-refractivity contribution in [2.45, 2.75) is 13.0 Å². The van der Waals surface area contributed by atoms with Crippen molar-refractivity contribution in [3.63, 3.8) is 0 Å². The van der Waals surface area contributed by atoms with Crippen LogP contribution in [0.5, 0.6) is 17.2 Å². The van der Waals surface area contributed by atoms with Crippen LogP contribution in [0.1, 0.15) is 24.2 Å². The average Bonchev–Trinajstić information content (AvgIpc) is 2.47. The molecule has 20 heavy (non-hydrogen) atoms. The zero-order valence-corrected chi connectivity index (χ0v) is 11.3. The van der Waals surface area contributed by atoms with E-state index in [1.807, 2.05) is 12.1 Å². The molecule has 0 radical (unpaired) electrons. The van der Waals surface area contributed by atoms with Crippen LogP contribution in [0, 0.1) is 11.3 Å². The summed E-state index contributed by atoms with van der Waals surface area (Å²) < 4.78 is 11.0. The van der Waals surface area contributed by atoms with Gasteiger partial charge in [0.25, 0.3) is 0 Å². The minimum absolute atomic E-state index is 0.448. The van der Waals surface area contributed by atoms with Gasteiger partial charge in [0.2, 0.25) is 0 Å². The summed E-state index contributed by atoms with van der Waals surface area (Å²) in [5.74, 6) is 1.57. The number of hydrogen-bond acceptors (Lipinski definition) is 4. The van der Waals surface area contributed by atoms with E-state index in [1.165, 1.54) is 0 Å². The normalized spacial score (nSPS) is 11.5. The Morgan fingerprint density at radius 2 is 1.80 bits per heavy atom. The second kappa shape index (κ2) is 6.09. The smallest absolute Gasteiger partial charge is 0.169 e. The molecule has 0 aliphatic heterocycles. The summed E-state index contributed by atoms with van der Waals surface area (Å²) in [6.07, 6.45) is -0.688. The molecule has 4 heteroatoms. The third kappa shape index (κ3) is 2.90. The SMILES string of the molecule is COc1ccccc1Oc1cc(C#N)ccc1C(C)O. The zero-order chi connectivity index (χ0) is 14.5. The van der Waals surface area contributed by atoms with Gasteiger partial charge in [0.05, 0.1) is 24.8 Å².